The van der Waals surface area contributed by atoms with Crippen LogP contribution in [-0.4, -0.2) is 15.9 Å². The van der Waals surface area contributed by atoms with Gasteiger partial charge in [-0.1, -0.05) is 99.6 Å². The van der Waals surface area contributed by atoms with Gasteiger partial charge < -0.3 is 5.11 Å². The predicted octanol–water partition coefficient (Wildman–Crippen LogP) is 9.18. The zero-order valence-electron chi connectivity index (χ0n) is 24.2. The molecule has 3 aromatic rings. The summed E-state index contributed by atoms with van der Waals surface area (Å²) in [6.07, 6.45) is 3.61. The van der Waals surface area contributed by atoms with Gasteiger partial charge in [-0.3, -0.25) is 9.78 Å². The number of benzene rings is 2. The Morgan fingerprint density at radius 3 is 2.05 bits per heavy atom. The minimum atomic E-state index is -0.417. The minimum absolute atomic E-state index is 0. The van der Waals surface area contributed by atoms with Crippen LogP contribution in [0, 0.1) is 23.8 Å². The van der Waals surface area contributed by atoms with Crippen molar-refractivity contribution in [2.75, 3.05) is 0 Å². The van der Waals surface area contributed by atoms with Crippen LogP contribution in [0.2, 0.25) is 0 Å². The van der Waals surface area contributed by atoms with E-state index in [1.54, 1.807) is 0 Å². The van der Waals surface area contributed by atoms with Crippen molar-refractivity contribution in [3.63, 3.8) is 0 Å². The van der Waals surface area contributed by atoms with Crippen molar-refractivity contribution >= 4 is 16.7 Å². The second kappa shape index (κ2) is 13.0. The Hall–Kier alpha value is -2.29. The summed E-state index contributed by atoms with van der Waals surface area (Å²) in [6.45, 7) is 20.1. The van der Waals surface area contributed by atoms with E-state index in [0.29, 0.717) is 0 Å². The average Bonchev–Trinajstić information content (AvgIpc) is 2.82. The minimum Gasteiger partial charge on any atom is -0.512 e. The van der Waals surface area contributed by atoms with E-state index in [4.69, 9.17) is 4.98 Å². The molecule has 0 unspecified atom stereocenters. The van der Waals surface area contributed by atoms with Crippen molar-refractivity contribution in [3.05, 3.63) is 77.6 Å². The van der Waals surface area contributed by atoms with Crippen molar-refractivity contribution < 1.29 is 30.0 Å². The van der Waals surface area contributed by atoms with E-state index in [1.165, 1.54) is 22.6 Å². The van der Waals surface area contributed by atoms with Gasteiger partial charge in [0.1, 0.15) is 5.76 Å². The zero-order valence-corrected chi connectivity index (χ0v) is 26.6. The summed E-state index contributed by atoms with van der Waals surface area (Å²) in [5.41, 5.74) is 5.16. The number of hydrogen-bond donors (Lipinski definition) is 1. The molecular formula is C33H44IrNO2-. The van der Waals surface area contributed by atoms with Gasteiger partial charge in [-0.25, -0.2) is 0 Å². The fourth-order valence-corrected chi connectivity index (χ4v) is 3.63. The summed E-state index contributed by atoms with van der Waals surface area (Å²) in [5.74, 6) is 0.104. The van der Waals surface area contributed by atoms with E-state index in [-0.39, 0.29) is 42.5 Å². The number of aliphatic hydroxyl groups is 1. The molecule has 0 spiro atoms. The first-order chi connectivity index (χ1) is 16.6. The Morgan fingerprint density at radius 1 is 0.919 bits per heavy atom. The number of carbonyl (C=O) groups is 1. The number of ketones is 1. The first kappa shape index (κ1) is 32.7. The molecular weight excluding hydrogens is 635 g/mol. The van der Waals surface area contributed by atoms with Gasteiger partial charge in [-0.2, -0.15) is 0 Å². The predicted molar refractivity (Wildman–Crippen MR) is 153 cm³/mol. The quantitative estimate of drug-likeness (QED) is 0.166. The standard InChI is InChI=1S/C22H24N.C11H20O2.Ir/c1-5-22(4,6-2)19-14-16(3)13-18(15-19)21-12-11-17-9-7-8-10-20(17)23-21;1-10(2,3)8(12)7-9(13)11(4,5)6;/h7-12,14-15H,5-6H2,1-4H3;7,12H,1-6H3;/q-1;;/b;8-7-;. The molecule has 203 valence electrons. The molecule has 0 amide bonds. The fourth-order valence-electron chi connectivity index (χ4n) is 3.63. The van der Waals surface area contributed by atoms with E-state index in [0.717, 1.165) is 29.6 Å². The molecule has 2 aromatic carbocycles. The molecule has 0 aliphatic carbocycles. The van der Waals surface area contributed by atoms with Gasteiger partial charge in [0.2, 0.25) is 0 Å². The number of hydrogen-bond acceptors (Lipinski definition) is 3. The van der Waals surface area contributed by atoms with Gasteiger partial charge >= 0.3 is 0 Å². The molecule has 0 aliphatic rings. The summed E-state index contributed by atoms with van der Waals surface area (Å²) in [5, 5.41) is 10.7. The Labute approximate surface area is 238 Å². The Bertz CT molecular complexity index is 1230. The third-order valence-corrected chi connectivity index (χ3v) is 6.91. The van der Waals surface area contributed by atoms with Crippen molar-refractivity contribution in [2.45, 2.75) is 87.5 Å². The maximum atomic E-state index is 11.5. The molecule has 0 saturated heterocycles. The molecule has 1 aromatic heterocycles. The Morgan fingerprint density at radius 2 is 1.51 bits per heavy atom. The van der Waals surface area contributed by atoms with Crippen molar-refractivity contribution in [1.29, 1.82) is 0 Å². The molecule has 1 heterocycles. The van der Waals surface area contributed by atoms with Gasteiger partial charge in [-0.05, 0) is 35.4 Å². The monoisotopic (exact) mass is 679 g/mol. The van der Waals surface area contributed by atoms with Crippen molar-refractivity contribution in [2.24, 2.45) is 10.8 Å². The number of carbonyl (C=O) groups excluding carboxylic acids is 1. The first-order valence-electron chi connectivity index (χ1n) is 13.0. The summed E-state index contributed by atoms with van der Waals surface area (Å²) in [6, 6.07) is 20.5. The van der Waals surface area contributed by atoms with Gasteiger partial charge in [0.25, 0.3) is 0 Å². The van der Waals surface area contributed by atoms with Crippen LogP contribution in [0.3, 0.4) is 0 Å². The maximum absolute atomic E-state index is 11.5. The number of pyridine rings is 1. The molecule has 3 nitrogen and oxygen atoms in total. The fraction of sp³-hybridized carbons (Fsp3) is 0.455. The van der Waals surface area contributed by atoms with Crippen molar-refractivity contribution in [1.82, 2.24) is 4.98 Å². The Balaban J connectivity index is 0.000000423. The number of rotatable bonds is 5. The van der Waals surface area contributed by atoms with E-state index in [9.17, 15) is 9.90 Å². The first-order valence-corrected chi connectivity index (χ1v) is 13.0. The van der Waals surface area contributed by atoms with Crippen molar-refractivity contribution in [3.8, 4) is 11.3 Å². The largest absolute Gasteiger partial charge is 0.512 e. The van der Waals surface area contributed by atoms with E-state index >= 15 is 0 Å². The van der Waals surface area contributed by atoms with E-state index in [2.05, 4.69) is 76.2 Å². The van der Waals surface area contributed by atoms with Crippen LogP contribution in [0.5, 0.6) is 0 Å². The summed E-state index contributed by atoms with van der Waals surface area (Å²) >= 11 is 0. The molecule has 0 atom stereocenters. The normalized spacial score (nSPS) is 12.4. The molecule has 37 heavy (non-hydrogen) atoms. The SMILES string of the molecule is CC(C)(C)C(=O)/C=C(\O)C(C)(C)C.CCC(C)(CC)c1cc(C)[c-]c(-c2ccc3ccccc3n2)c1.[Ir]. The second-order valence-electron chi connectivity index (χ2n) is 12.0. The molecule has 4 heteroatoms. The van der Waals surface area contributed by atoms with Gasteiger partial charge in [-0.15, -0.1) is 34.9 Å². The molecule has 0 aliphatic heterocycles. The number of aryl methyl sites for hydroxylation is 1. The van der Waals surface area contributed by atoms with E-state index in [1.807, 2.05) is 47.6 Å². The van der Waals surface area contributed by atoms with Crippen LogP contribution in [0.25, 0.3) is 22.2 Å². The van der Waals surface area contributed by atoms with Crippen LogP contribution < -0.4 is 0 Å². The van der Waals surface area contributed by atoms with E-state index < -0.39 is 5.41 Å². The van der Waals surface area contributed by atoms with Crippen LogP contribution in [0.15, 0.2) is 60.4 Å². The number of aromatic nitrogens is 1. The summed E-state index contributed by atoms with van der Waals surface area (Å²) < 4.78 is 0. The Kier molecular flexibility index (Phi) is 11.5. The number of fused-ring (bicyclic) bond motifs is 1. The average molecular weight is 679 g/mol. The molecule has 0 fully saturated rings. The number of nitrogens with zero attached hydrogens (tertiary/aromatic N) is 1. The molecule has 1 radical (unpaired) electrons. The van der Waals surface area contributed by atoms with Gasteiger partial charge in [0.15, 0.2) is 5.78 Å². The smallest absolute Gasteiger partial charge is 0.164 e. The third-order valence-electron chi connectivity index (χ3n) is 6.91. The molecule has 0 saturated carbocycles. The van der Waals surface area contributed by atoms with Crippen LogP contribution in [0.1, 0.15) is 86.3 Å². The van der Waals surface area contributed by atoms with Gasteiger partial charge in [0.05, 0.1) is 5.52 Å². The maximum Gasteiger partial charge on any atom is 0.164 e. The topological polar surface area (TPSA) is 50.2 Å². The zero-order chi connectivity index (χ0) is 27.3. The molecule has 0 bridgehead atoms. The van der Waals surface area contributed by atoms with Crippen LogP contribution >= 0.6 is 0 Å². The van der Waals surface area contributed by atoms with Gasteiger partial charge in [0, 0.05) is 37.0 Å². The molecule has 3 rings (SSSR count). The molecule has 1 N–H and O–H groups in total. The number of para-hydroxylation sites is 1. The van der Waals surface area contributed by atoms with Crippen LogP contribution in [-0.2, 0) is 30.3 Å². The number of aliphatic hydroxyl groups excluding tert-OH is 1. The summed E-state index contributed by atoms with van der Waals surface area (Å²) in [7, 11) is 0. The summed E-state index contributed by atoms with van der Waals surface area (Å²) in [4.78, 5) is 16.3. The third kappa shape index (κ3) is 8.90. The van der Waals surface area contributed by atoms with Crippen LogP contribution in [0.4, 0.5) is 0 Å². The second-order valence-corrected chi connectivity index (χ2v) is 12.0. The number of allylic oxidation sites excluding steroid dienone is 2.